The van der Waals surface area contributed by atoms with E-state index in [1.165, 1.54) is 5.56 Å². The molecule has 1 aliphatic heterocycles. The minimum Gasteiger partial charge on any atom is -0.342 e. The fourth-order valence-electron chi connectivity index (χ4n) is 3.43. The molecule has 1 atom stereocenters. The number of aryl methyl sites for hydroxylation is 2. The van der Waals surface area contributed by atoms with Crippen LogP contribution in [0.3, 0.4) is 0 Å². The van der Waals surface area contributed by atoms with Crippen molar-refractivity contribution in [3.63, 3.8) is 0 Å². The van der Waals surface area contributed by atoms with Crippen LogP contribution in [0.15, 0.2) is 30.5 Å². The van der Waals surface area contributed by atoms with Gasteiger partial charge >= 0.3 is 0 Å². The number of para-hydroxylation sites is 1. The molecule has 124 valence electrons. The van der Waals surface area contributed by atoms with Crippen LogP contribution in [0.1, 0.15) is 30.0 Å². The Kier molecular flexibility index (Phi) is 3.76. The van der Waals surface area contributed by atoms with Crippen LogP contribution in [0.25, 0.3) is 11.0 Å². The average molecular weight is 324 g/mol. The van der Waals surface area contributed by atoms with Crippen LogP contribution < -0.4 is 0 Å². The number of carbonyl (C=O) groups excluding carboxylic acids is 1. The van der Waals surface area contributed by atoms with Gasteiger partial charge < -0.3 is 4.90 Å². The molecule has 1 N–H and O–H groups in total. The van der Waals surface area contributed by atoms with Crippen molar-refractivity contribution in [3.05, 3.63) is 41.7 Å². The summed E-state index contributed by atoms with van der Waals surface area (Å²) in [6, 6.07) is 7.81. The minimum absolute atomic E-state index is 0.175. The lowest BCUT2D eigenvalue weighted by atomic mass is 10.0. The van der Waals surface area contributed by atoms with Gasteiger partial charge in [0.2, 0.25) is 5.91 Å². The third-order valence-corrected chi connectivity index (χ3v) is 4.77. The topological polar surface area (TPSA) is 79.7 Å². The summed E-state index contributed by atoms with van der Waals surface area (Å²) in [6.07, 6.45) is 3.28. The van der Waals surface area contributed by atoms with Gasteiger partial charge in [-0.05, 0) is 31.0 Å². The maximum atomic E-state index is 12.5. The quantitative estimate of drug-likeness (QED) is 0.794. The highest BCUT2D eigenvalue weighted by atomic mass is 16.2. The Balaban J connectivity index is 1.38. The zero-order chi connectivity index (χ0) is 16.5. The lowest BCUT2D eigenvalue weighted by Crippen LogP contribution is -2.29. The summed E-state index contributed by atoms with van der Waals surface area (Å²) in [6.45, 7) is 4.18. The normalized spacial score (nSPS) is 17.7. The van der Waals surface area contributed by atoms with E-state index in [1.54, 1.807) is 4.68 Å². The number of nitrogens with zero attached hydrogens (tertiary/aromatic N) is 5. The fourth-order valence-corrected chi connectivity index (χ4v) is 3.43. The van der Waals surface area contributed by atoms with Gasteiger partial charge in [0, 0.05) is 31.1 Å². The number of fused-ring (bicyclic) bond motifs is 1. The first-order valence-electron chi connectivity index (χ1n) is 8.28. The predicted octanol–water partition coefficient (Wildman–Crippen LogP) is 1.87. The molecule has 0 saturated carbocycles. The van der Waals surface area contributed by atoms with Gasteiger partial charge in [0.05, 0.1) is 18.3 Å². The standard InChI is InChI=1S/C17H20N6O/c1-12-10-18-20-17(12)13-6-8-22(11-13)16(24)7-9-23-15-5-3-2-4-14(15)19-21-23/h2-5,10,13H,6-9,11H2,1H3,(H,18,20)/t13-/m1/s1. The van der Waals surface area contributed by atoms with Gasteiger partial charge in [-0.2, -0.15) is 5.10 Å². The highest BCUT2D eigenvalue weighted by Crippen LogP contribution is 2.28. The van der Waals surface area contributed by atoms with E-state index in [2.05, 4.69) is 27.4 Å². The Bertz CT molecular complexity index is 867. The van der Waals surface area contributed by atoms with Gasteiger partial charge in [-0.3, -0.25) is 9.89 Å². The van der Waals surface area contributed by atoms with Crippen LogP contribution >= 0.6 is 0 Å². The third kappa shape index (κ3) is 2.66. The molecule has 24 heavy (non-hydrogen) atoms. The molecule has 3 aromatic rings. The molecule has 1 amide bonds. The molecule has 1 saturated heterocycles. The predicted molar refractivity (Wildman–Crippen MR) is 89.4 cm³/mol. The van der Waals surface area contributed by atoms with Crippen LogP contribution in [-0.2, 0) is 11.3 Å². The molecule has 0 spiro atoms. The number of aromatic amines is 1. The Labute approximate surface area is 139 Å². The molecule has 1 aliphatic rings. The number of carbonyl (C=O) groups is 1. The first-order chi connectivity index (χ1) is 11.7. The summed E-state index contributed by atoms with van der Waals surface area (Å²) in [7, 11) is 0. The minimum atomic E-state index is 0.175. The molecule has 0 unspecified atom stereocenters. The molecule has 1 fully saturated rings. The van der Waals surface area contributed by atoms with E-state index < -0.39 is 0 Å². The monoisotopic (exact) mass is 324 g/mol. The van der Waals surface area contributed by atoms with Crippen molar-refractivity contribution in [1.29, 1.82) is 0 Å². The van der Waals surface area contributed by atoms with Gasteiger partial charge in [0.25, 0.3) is 0 Å². The second kappa shape index (κ2) is 6.07. The van der Waals surface area contributed by atoms with Crippen molar-refractivity contribution < 1.29 is 4.79 Å². The first-order valence-corrected chi connectivity index (χ1v) is 8.28. The molecule has 7 nitrogen and oxygen atoms in total. The van der Waals surface area contributed by atoms with E-state index >= 15 is 0 Å². The Hall–Kier alpha value is -2.70. The van der Waals surface area contributed by atoms with Gasteiger partial charge in [0.1, 0.15) is 5.52 Å². The van der Waals surface area contributed by atoms with E-state index in [0.29, 0.717) is 18.9 Å². The summed E-state index contributed by atoms with van der Waals surface area (Å²) in [5.41, 5.74) is 4.16. The summed E-state index contributed by atoms with van der Waals surface area (Å²) in [5.74, 6) is 0.540. The number of nitrogens with one attached hydrogen (secondary N) is 1. The lowest BCUT2D eigenvalue weighted by molar-refractivity contribution is -0.130. The number of hydrogen-bond acceptors (Lipinski definition) is 4. The Morgan fingerprint density at radius 3 is 3.08 bits per heavy atom. The summed E-state index contributed by atoms with van der Waals surface area (Å²) in [5, 5.41) is 15.4. The second-order valence-electron chi connectivity index (χ2n) is 6.34. The van der Waals surface area contributed by atoms with Crippen molar-refractivity contribution >= 4 is 16.9 Å². The first kappa shape index (κ1) is 14.9. The molecule has 2 aromatic heterocycles. The molecule has 0 aliphatic carbocycles. The smallest absolute Gasteiger partial charge is 0.224 e. The van der Waals surface area contributed by atoms with Crippen molar-refractivity contribution in [2.75, 3.05) is 13.1 Å². The van der Waals surface area contributed by atoms with Crippen molar-refractivity contribution in [1.82, 2.24) is 30.1 Å². The highest BCUT2D eigenvalue weighted by Gasteiger charge is 2.28. The van der Waals surface area contributed by atoms with Gasteiger partial charge in [-0.25, -0.2) is 4.68 Å². The van der Waals surface area contributed by atoms with Crippen LogP contribution in [0.2, 0.25) is 0 Å². The van der Waals surface area contributed by atoms with E-state index in [0.717, 1.165) is 36.2 Å². The summed E-state index contributed by atoms with van der Waals surface area (Å²) >= 11 is 0. The van der Waals surface area contributed by atoms with Crippen molar-refractivity contribution in [2.24, 2.45) is 0 Å². The maximum Gasteiger partial charge on any atom is 0.224 e. The van der Waals surface area contributed by atoms with Crippen LogP contribution in [0.4, 0.5) is 0 Å². The molecule has 3 heterocycles. The van der Waals surface area contributed by atoms with Crippen molar-refractivity contribution in [3.8, 4) is 0 Å². The Morgan fingerprint density at radius 1 is 1.38 bits per heavy atom. The number of hydrogen-bond donors (Lipinski definition) is 1. The molecular formula is C17H20N6O. The summed E-state index contributed by atoms with van der Waals surface area (Å²) < 4.78 is 1.81. The molecule has 0 bridgehead atoms. The Morgan fingerprint density at radius 2 is 2.25 bits per heavy atom. The number of amides is 1. The van der Waals surface area contributed by atoms with E-state index in [1.807, 2.05) is 35.4 Å². The number of benzene rings is 1. The van der Waals surface area contributed by atoms with Crippen LogP contribution in [0, 0.1) is 6.92 Å². The van der Waals surface area contributed by atoms with Gasteiger partial charge in [0.15, 0.2) is 0 Å². The highest BCUT2D eigenvalue weighted by molar-refractivity contribution is 5.77. The van der Waals surface area contributed by atoms with E-state index in [9.17, 15) is 4.79 Å². The summed E-state index contributed by atoms with van der Waals surface area (Å²) in [4.78, 5) is 14.5. The van der Waals surface area contributed by atoms with E-state index in [-0.39, 0.29) is 5.91 Å². The molecule has 0 radical (unpaired) electrons. The number of H-pyrrole nitrogens is 1. The third-order valence-electron chi connectivity index (χ3n) is 4.77. The molecule has 1 aromatic carbocycles. The zero-order valence-electron chi connectivity index (χ0n) is 13.6. The lowest BCUT2D eigenvalue weighted by Gasteiger charge is -2.16. The SMILES string of the molecule is Cc1cn[nH]c1[C@@H]1CCN(C(=O)CCn2nnc3ccccc32)C1. The van der Waals surface area contributed by atoms with Crippen LogP contribution in [0.5, 0.6) is 0 Å². The van der Waals surface area contributed by atoms with Gasteiger partial charge in [-0.15, -0.1) is 5.10 Å². The molecule has 4 rings (SSSR count). The average Bonchev–Trinajstić information content (AvgIpc) is 3.31. The van der Waals surface area contributed by atoms with Crippen molar-refractivity contribution in [2.45, 2.75) is 32.2 Å². The van der Waals surface area contributed by atoms with Gasteiger partial charge in [-0.1, -0.05) is 17.3 Å². The molecule has 7 heteroatoms. The number of aromatic nitrogens is 5. The fraction of sp³-hybridized carbons (Fsp3) is 0.412. The number of likely N-dealkylation sites (tertiary alicyclic amines) is 1. The van der Waals surface area contributed by atoms with Crippen LogP contribution in [-0.4, -0.2) is 49.1 Å². The second-order valence-corrected chi connectivity index (χ2v) is 6.34. The maximum absolute atomic E-state index is 12.5. The zero-order valence-corrected chi connectivity index (χ0v) is 13.6. The van der Waals surface area contributed by atoms with E-state index in [4.69, 9.17) is 0 Å². The largest absolute Gasteiger partial charge is 0.342 e. The number of rotatable bonds is 4. The molecular weight excluding hydrogens is 304 g/mol.